The lowest BCUT2D eigenvalue weighted by Crippen LogP contribution is -2.35. The molecule has 0 saturated carbocycles. The monoisotopic (exact) mass is 493 g/mol. The second kappa shape index (κ2) is 7.84. The molecule has 0 spiro atoms. The van der Waals surface area contributed by atoms with Gasteiger partial charge in [-0.3, -0.25) is 19.3 Å². The fraction of sp³-hybridized carbons (Fsp3) is 0.682. The smallest absolute Gasteiger partial charge is 0.271 e. The molecule has 180 valence electrons. The van der Waals surface area contributed by atoms with Gasteiger partial charge in [0.15, 0.2) is 15.7 Å². The first-order valence-electron chi connectivity index (χ1n) is 11.4. The minimum Gasteiger partial charge on any atom is -0.375 e. The number of aromatic amines is 1. The van der Waals surface area contributed by atoms with E-state index in [4.69, 9.17) is 14.8 Å². The Kier molecular flexibility index (Phi) is 5.45. The first kappa shape index (κ1) is 22.9. The van der Waals surface area contributed by atoms with Crippen LogP contribution in [0.5, 0.6) is 0 Å². The van der Waals surface area contributed by atoms with Gasteiger partial charge in [-0.15, -0.1) is 0 Å². The molecule has 0 aromatic carbocycles. The molecule has 3 unspecified atom stereocenters. The fourth-order valence-corrected chi connectivity index (χ4v) is 8.44. The van der Waals surface area contributed by atoms with Gasteiger partial charge in [0.2, 0.25) is 0 Å². The van der Waals surface area contributed by atoms with Gasteiger partial charge in [0.1, 0.15) is 0 Å². The van der Waals surface area contributed by atoms with Gasteiger partial charge in [-0.2, -0.15) is 5.10 Å². The molecule has 33 heavy (non-hydrogen) atoms. The van der Waals surface area contributed by atoms with E-state index in [2.05, 4.69) is 18.9 Å². The van der Waals surface area contributed by atoms with Crippen LogP contribution in [0.3, 0.4) is 0 Å². The lowest BCUT2D eigenvalue weighted by Gasteiger charge is -2.36. The SMILES string of the molecule is CC1=Nc2c(c(=O)[nH]n2C2CCOC(C)(C)C2)C(c2c(C)nn(C3CCS(=O)(=O)C3)c2C)S1. The van der Waals surface area contributed by atoms with Crippen molar-refractivity contribution in [1.29, 1.82) is 0 Å². The normalized spacial score (nSPS) is 28.5. The molecule has 5 rings (SSSR count). The Bertz CT molecular complexity index is 1300. The van der Waals surface area contributed by atoms with Crippen molar-refractivity contribution in [3.05, 3.63) is 32.9 Å². The molecule has 3 aliphatic rings. The Morgan fingerprint density at radius 3 is 2.58 bits per heavy atom. The van der Waals surface area contributed by atoms with E-state index in [0.29, 0.717) is 24.4 Å². The van der Waals surface area contributed by atoms with Crippen LogP contribution in [0.15, 0.2) is 9.79 Å². The van der Waals surface area contributed by atoms with Gasteiger partial charge in [-0.1, -0.05) is 11.8 Å². The highest BCUT2D eigenvalue weighted by Gasteiger charge is 2.39. The largest absolute Gasteiger partial charge is 0.375 e. The van der Waals surface area contributed by atoms with Gasteiger partial charge in [0.25, 0.3) is 5.56 Å². The molecule has 0 aliphatic carbocycles. The zero-order valence-corrected chi connectivity index (χ0v) is 21.3. The molecule has 2 fully saturated rings. The van der Waals surface area contributed by atoms with Gasteiger partial charge < -0.3 is 4.74 Å². The lowest BCUT2D eigenvalue weighted by molar-refractivity contribution is -0.0705. The van der Waals surface area contributed by atoms with Crippen molar-refractivity contribution in [1.82, 2.24) is 19.6 Å². The summed E-state index contributed by atoms with van der Waals surface area (Å²) in [5.41, 5.74) is 3.00. The highest BCUT2D eigenvalue weighted by atomic mass is 32.2. The van der Waals surface area contributed by atoms with Gasteiger partial charge in [-0.25, -0.2) is 13.4 Å². The molecule has 0 bridgehead atoms. The van der Waals surface area contributed by atoms with E-state index < -0.39 is 9.84 Å². The highest BCUT2D eigenvalue weighted by molar-refractivity contribution is 8.14. The molecule has 3 aliphatic heterocycles. The summed E-state index contributed by atoms with van der Waals surface area (Å²) in [4.78, 5) is 18.0. The zero-order chi connectivity index (χ0) is 23.7. The molecule has 3 atom stereocenters. The number of aliphatic imine (C=N–C) groups is 1. The number of H-pyrrole nitrogens is 1. The number of fused-ring (bicyclic) bond motifs is 1. The van der Waals surface area contributed by atoms with Crippen molar-refractivity contribution in [2.45, 2.75) is 76.8 Å². The summed E-state index contributed by atoms with van der Waals surface area (Å²) >= 11 is 1.56. The van der Waals surface area contributed by atoms with E-state index in [1.54, 1.807) is 11.8 Å². The molecule has 1 N–H and O–H groups in total. The molecule has 2 saturated heterocycles. The van der Waals surface area contributed by atoms with E-state index in [-0.39, 0.29) is 40.0 Å². The van der Waals surface area contributed by atoms with Crippen LogP contribution in [0.4, 0.5) is 5.82 Å². The third kappa shape index (κ3) is 4.01. The highest BCUT2D eigenvalue weighted by Crippen LogP contribution is 2.47. The first-order valence-corrected chi connectivity index (χ1v) is 14.1. The third-order valence-electron chi connectivity index (χ3n) is 6.98. The van der Waals surface area contributed by atoms with Gasteiger partial charge in [0, 0.05) is 17.9 Å². The van der Waals surface area contributed by atoms with Crippen molar-refractivity contribution in [2.24, 2.45) is 4.99 Å². The molecular weight excluding hydrogens is 462 g/mol. The van der Waals surface area contributed by atoms with E-state index in [1.165, 1.54) is 0 Å². The molecule has 9 nitrogen and oxygen atoms in total. The number of nitrogens with one attached hydrogen (secondary N) is 1. The standard InChI is InChI=1S/C22H31N5O4S2/c1-12-17(13(2)26(24-12)16-7-9-33(29,30)11-16)19-18-20(23-14(3)32-19)27(25-21(18)28)15-6-8-31-22(4,5)10-15/h15-16,19H,6-11H2,1-5H3,(H,25,28). The van der Waals surface area contributed by atoms with Crippen LogP contribution >= 0.6 is 11.8 Å². The minimum atomic E-state index is -3.03. The topological polar surface area (TPSA) is 111 Å². The van der Waals surface area contributed by atoms with Crippen LogP contribution in [0.2, 0.25) is 0 Å². The summed E-state index contributed by atoms with van der Waals surface area (Å²) in [6.45, 7) is 10.7. The number of hydrogen-bond acceptors (Lipinski definition) is 7. The Balaban J connectivity index is 1.58. The number of aromatic nitrogens is 4. The van der Waals surface area contributed by atoms with E-state index in [1.807, 2.05) is 30.1 Å². The van der Waals surface area contributed by atoms with Crippen LogP contribution < -0.4 is 5.56 Å². The Hall–Kier alpha value is -1.85. The van der Waals surface area contributed by atoms with Crippen molar-refractivity contribution in [2.75, 3.05) is 18.1 Å². The summed E-state index contributed by atoms with van der Waals surface area (Å²) in [6.07, 6.45) is 2.19. The fourth-order valence-electron chi connectivity index (χ4n) is 5.48. The molecule has 2 aromatic heterocycles. The summed E-state index contributed by atoms with van der Waals surface area (Å²) in [6, 6.07) is -0.0447. The molecule has 0 amide bonds. The Morgan fingerprint density at radius 1 is 1.15 bits per heavy atom. The predicted octanol–water partition coefficient (Wildman–Crippen LogP) is 3.37. The van der Waals surface area contributed by atoms with E-state index in [0.717, 1.165) is 34.8 Å². The van der Waals surface area contributed by atoms with E-state index in [9.17, 15) is 13.2 Å². The first-order chi connectivity index (χ1) is 15.5. The van der Waals surface area contributed by atoms with Crippen LogP contribution in [0.25, 0.3) is 0 Å². The summed E-state index contributed by atoms with van der Waals surface area (Å²) in [5, 5.41) is 8.47. The molecule has 0 radical (unpaired) electrons. The quantitative estimate of drug-likeness (QED) is 0.702. The number of aryl methyl sites for hydroxylation is 1. The van der Waals surface area contributed by atoms with Crippen LogP contribution in [0, 0.1) is 13.8 Å². The lowest BCUT2D eigenvalue weighted by atomic mass is 9.94. The number of rotatable bonds is 3. The third-order valence-corrected chi connectivity index (χ3v) is 9.87. The zero-order valence-electron chi connectivity index (χ0n) is 19.7. The average molecular weight is 494 g/mol. The van der Waals surface area contributed by atoms with Gasteiger partial charge >= 0.3 is 0 Å². The van der Waals surface area contributed by atoms with Crippen LogP contribution in [-0.4, -0.2) is 56.7 Å². The second-order valence-corrected chi connectivity index (χ2v) is 13.5. The summed E-state index contributed by atoms with van der Waals surface area (Å²) in [5.74, 6) is 1.01. The summed E-state index contributed by atoms with van der Waals surface area (Å²) < 4.78 is 33.8. The number of ether oxygens (including phenoxy) is 1. The number of thioether (sulfide) groups is 1. The van der Waals surface area contributed by atoms with Crippen molar-refractivity contribution < 1.29 is 13.2 Å². The number of sulfone groups is 1. The Labute approximate surface area is 197 Å². The van der Waals surface area contributed by atoms with Crippen molar-refractivity contribution >= 4 is 32.5 Å². The maximum absolute atomic E-state index is 13.3. The van der Waals surface area contributed by atoms with Crippen molar-refractivity contribution in [3.63, 3.8) is 0 Å². The average Bonchev–Trinajstić information content (AvgIpc) is 3.33. The summed E-state index contributed by atoms with van der Waals surface area (Å²) in [7, 11) is -3.03. The molecule has 5 heterocycles. The molecule has 2 aromatic rings. The van der Waals surface area contributed by atoms with Crippen LogP contribution in [0.1, 0.15) is 79.9 Å². The number of hydrogen-bond donors (Lipinski definition) is 1. The van der Waals surface area contributed by atoms with Gasteiger partial charge in [-0.05, 0) is 53.9 Å². The van der Waals surface area contributed by atoms with Crippen molar-refractivity contribution in [3.8, 4) is 0 Å². The molecule has 11 heteroatoms. The maximum atomic E-state index is 13.3. The predicted molar refractivity (Wildman–Crippen MR) is 130 cm³/mol. The number of nitrogens with zero attached hydrogens (tertiary/aromatic N) is 4. The van der Waals surface area contributed by atoms with Gasteiger partial charge in [0.05, 0.1) is 50.7 Å². The van der Waals surface area contributed by atoms with E-state index >= 15 is 0 Å². The maximum Gasteiger partial charge on any atom is 0.271 e. The Morgan fingerprint density at radius 2 is 1.91 bits per heavy atom. The second-order valence-electron chi connectivity index (χ2n) is 10.0. The minimum absolute atomic E-state index is 0.110. The van der Waals surface area contributed by atoms with Crippen LogP contribution in [-0.2, 0) is 14.6 Å². The molecular formula is C22H31N5O4S2.